The van der Waals surface area contributed by atoms with E-state index < -0.39 is 0 Å². The molecule has 3 aromatic heterocycles. The molecule has 5 nitrogen and oxygen atoms in total. The summed E-state index contributed by atoms with van der Waals surface area (Å²) in [6, 6.07) is 7.08. The van der Waals surface area contributed by atoms with E-state index >= 15 is 0 Å². The Bertz CT molecular complexity index is 1390. The minimum atomic E-state index is -0.360. The lowest BCUT2D eigenvalue weighted by Gasteiger charge is -2.24. The molecule has 0 radical (unpaired) electrons. The van der Waals surface area contributed by atoms with Crippen molar-refractivity contribution >= 4 is 51.0 Å². The van der Waals surface area contributed by atoms with Crippen molar-refractivity contribution in [2.75, 3.05) is 5.73 Å². The van der Waals surface area contributed by atoms with Crippen molar-refractivity contribution in [3.8, 4) is 12.3 Å². The number of aryl methyl sites for hydroxylation is 1. The minimum absolute atomic E-state index is 0.192. The maximum atomic E-state index is 14.7. The molecule has 4 aromatic rings. The van der Waals surface area contributed by atoms with Crippen LogP contribution in [0.3, 0.4) is 0 Å². The van der Waals surface area contributed by atoms with Gasteiger partial charge in [-0.2, -0.15) is 0 Å². The third-order valence-corrected chi connectivity index (χ3v) is 7.16. The average Bonchev–Trinajstić information content (AvgIpc) is 3.39. The number of anilines is 1. The van der Waals surface area contributed by atoms with Crippen molar-refractivity contribution < 1.29 is 4.39 Å². The summed E-state index contributed by atoms with van der Waals surface area (Å²) in [7, 11) is 0. The zero-order chi connectivity index (χ0) is 22.5. The maximum absolute atomic E-state index is 14.7. The maximum Gasteiger partial charge on any atom is 0.145 e. The minimum Gasteiger partial charge on any atom is -0.382 e. The molecule has 1 aliphatic rings. The molecule has 2 N–H and O–H groups in total. The van der Waals surface area contributed by atoms with Crippen molar-refractivity contribution in [3.05, 3.63) is 58.3 Å². The van der Waals surface area contributed by atoms with E-state index in [9.17, 15) is 4.39 Å². The van der Waals surface area contributed by atoms with E-state index in [4.69, 9.17) is 35.4 Å². The quantitative estimate of drug-likeness (QED) is 0.295. The van der Waals surface area contributed by atoms with E-state index in [0.29, 0.717) is 22.5 Å². The van der Waals surface area contributed by atoms with Gasteiger partial charge in [0.05, 0.1) is 15.9 Å². The van der Waals surface area contributed by atoms with Crippen LogP contribution in [0, 0.1) is 23.6 Å². The lowest BCUT2D eigenvalue weighted by atomic mass is 9.81. The van der Waals surface area contributed by atoms with E-state index in [-0.39, 0.29) is 28.1 Å². The van der Waals surface area contributed by atoms with Gasteiger partial charge in [-0.1, -0.05) is 29.1 Å². The molecule has 0 aliphatic heterocycles. The molecule has 32 heavy (non-hydrogen) atoms. The zero-order valence-electron chi connectivity index (χ0n) is 17.2. The van der Waals surface area contributed by atoms with Crippen molar-refractivity contribution in [1.82, 2.24) is 19.5 Å². The number of nitrogen functional groups attached to an aromatic ring is 1. The number of halogens is 3. The fraction of sp³-hybridized carbons (Fsp3) is 0.292. The van der Waals surface area contributed by atoms with Gasteiger partial charge < -0.3 is 10.3 Å². The summed E-state index contributed by atoms with van der Waals surface area (Å²) in [6.07, 6.45) is 13.6. The molecule has 0 amide bonds. The van der Waals surface area contributed by atoms with Crippen molar-refractivity contribution in [1.29, 1.82) is 0 Å². The molecule has 2 atom stereocenters. The molecular formula is C24H20Cl2FN5. The second kappa shape index (κ2) is 7.91. The van der Waals surface area contributed by atoms with Crippen molar-refractivity contribution in [2.24, 2.45) is 5.41 Å². The van der Waals surface area contributed by atoms with Gasteiger partial charge in [-0.25, -0.2) is 19.3 Å². The van der Waals surface area contributed by atoms with Gasteiger partial charge in [0.1, 0.15) is 28.8 Å². The highest BCUT2D eigenvalue weighted by molar-refractivity contribution is 6.34. The number of hydrogen-bond acceptors (Lipinski definition) is 4. The smallest absolute Gasteiger partial charge is 0.145 e. The monoisotopic (exact) mass is 467 g/mol. The van der Waals surface area contributed by atoms with Crippen LogP contribution in [-0.4, -0.2) is 19.5 Å². The van der Waals surface area contributed by atoms with Gasteiger partial charge in [0.2, 0.25) is 0 Å². The molecule has 1 aliphatic carbocycles. The standard InChI is InChI=1S/C24H20Cl2FN5/c1-2-24(6-3-14-9-19(27)17-11-18(25)22(28)31-20(17)10-14)7-4-15(12-24)32-8-5-16-21(26)29-13-30-23(16)32/h1,5,8-11,13,15H,3-4,6-7,12H2,(H2,28,31). The van der Waals surface area contributed by atoms with Gasteiger partial charge in [0.25, 0.3) is 0 Å². The lowest BCUT2D eigenvalue weighted by Crippen LogP contribution is -2.17. The first kappa shape index (κ1) is 21.0. The molecule has 1 fully saturated rings. The van der Waals surface area contributed by atoms with E-state index in [1.807, 2.05) is 18.3 Å². The van der Waals surface area contributed by atoms with Gasteiger partial charge in [-0.15, -0.1) is 6.42 Å². The third kappa shape index (κ3) is 3.56. The summed E-state index contributed by atoms with van der Waals surface area (Å²) in [5, 5.41) is 1.90. The molecule has 0 spiro atoms. The Hall–Kier alpha value is -2.88. The molecule has 8 heteroatoms. The Kier molecular flexibility index (Phi) is 5.19. The van der Waals surface area contributed by atoms with Crippen LogP contribution in [0.2, 0.25) is 10.2 Å². The fourth-order valence-electron chi connectivity index (χ4n) is 4.81. The second-order valence-corrected chi connectivity index (χ2v) is 9.21. The summed E-state index contributed by atoms with van der Waals surface area (Å²) >= 11 is 12.2. The van der Waals surface area contributed by atoms with E-state index in [1.54, 1.807) is 0 Å². The van der Waals surface area contributed by atoms with Crippen molar-refractivity contribution in [3.63, 3.8) is 0 Å². The van der Waals surface area contributed by atoms with E-state index in [1.165, 1.54) is 18.5 Å². The summed E-state index contributed by atoms with van der Waals surface area (Å²) in [6.45, 7) is 0. The molecule has 5 rings (SSSR count). The average molecular weight is 468 g/mol. The zero-order valence-corrected chi connectivity index (χ0v) is 18.7. The van der Waals surface area contributed by atoms with Gasteiger partial charge in [-0.3, -0.25) is 0 Å². The predicted molar refractivity (Wildman–Crippen MR) is 126 cm³/mol. The highest BCUT2D eigenvalue weighted by Crippen LogP contribution is 2.47. The van der Waals surface area contributed by atoms with Gasteiger partial charge in [0, 0.05) is 23.0 Å². The number of hydrogen-bond donors (Lipinski definition) is 1. The molecule has 3 heterocycles. The SMILES string of the molecule is C#CC1(CCc2cc(F)c3cc(Cl)c(N)nc3c2)CCC(n2ccc3c(Cl)ncnc32)C1. The third-order valence-electron chi connectivity index (χ3n) is 6.56. The Labute approximate surface area is 194 Å². The van der Waals surface area contributed by atoms with Crippen LogP contribution in [0.4, 0.5) is 10.2 Å². The molecule has 2 unspecified atom stereocenters. The van der Waals surface area contributed by atoms with Gasteiger partial charge in [0.15, 0.2) is 0 Å². The van der Waals surface area contributed by atoms with E-state index in [0.717, 1.165) is 42.3 Å². The van der Waals surface area contributed by atoms with Gasteiger partial charge in [-0.05, 0) is 61.9 Å². The number of pyridine rings is 1. The summed E-state index contributed by atoms with van der Waals surface area (Å²) in [5.74, 6) is 2.88. The topological polar surface area (TPSA) is 69.6 Å². The normalized spacial score (nSPS) is 20.8. The highest BCUT2D eigenvalue weighted by Gasteiger charge is 2.38. The Morgan fingerprint density at radius 3 is 2.91 bits per heavy atom. The first-order valence-corrected chi connectivity index (χ1v) is 11.1. The highest BCUT2D eigenvalue weighted by atomic mass is 35.5. The number of nitrogens with zero attached hydrogens (tertiary/aromatic N) is 4. The van der Waals surface area contributed by atoms with Crippen LogP contribution >= 0.6 is 23.2 Å². The Balaban J connectivity index is 1.37. The van der Waals surface area contributed by atoms with Crippen LogP contribution in [0.25, 0.3) is 21.9 Å². The second-order valence-electron chi connectivity index (χ2n) is 8.45. The summed E-state index contributed by atoms with van der Waals surface area (Å²) in [5.41, 5.74) is 7.69. The van der Waals surface area contributed by atoms with Crippen LogP contribution in [0.1, 0.15) is 37.3 Å². The van der Waals surface area contributed by atoms with E-state index in [2.05, 4.69) is 25.4 Å². The van der Waals surface area contributed by atoms with Crippen LogP contribution in [-0.2, 0) is 6.42 Å². The molecular weight excluding hydrogens is 448 g/mol. The number of nitrogens with two attached hydrogens (primary N) is 1. The Morgan fingerprint density at radius 1 is 1.25 bits per heavy atom. The molecule has 162 valence electrons. The summed E-state index contributed by atoms with van der Waals surface area (Å²) < 4.78 is 16.8. The predicted octanol–water partition coefficient (Wildman–Crippen LogP) is 5.99. The first-order valence-electron chi connectivity index (χ1n) is 10.4. The number of fused-ring (bicyclic) bond motifs is 2. The summed E-state index contributed by atoms with van der Waals surface area (Å²) in [4.78, 5) is 12.7. The van der Waals surface area contributed by atoms with Crippen LogP contribution in [0.15, 0.2) is 36.8 Å². The number of aromatic nitrogens is 4. The largest absolute Gasteiger partial charge is 0.382 e. The molecule has 0 bridgehead atoms. The molecule has 0 saturated heterocycles. The molecule has 1 saturated carbocycles. The van der Waals surface area contributed by atoms with Gasteiger partial charge >= 0.3 is 0 Å². The number of benzene rings is 1. The fourth-order valence-corrected chi connectivity index (χ4v) is 5.15. The molecule has 1 aromatic carbocycles. The number of terminal acetylenes is 1. The lowest BCUT2D eigenvalue weighted by molar-refractivity contribution is 0.363. The Morgan fingerprint density at radius 2 is 2.09 bits per heavy atom. The van der Waals surface area contributed by atoms with Crippen LogP contribution < -0.4 is 5.73 Å². The number of rotatable bonds is 4. The first-order chi connectivity index (χ1) is 15.4. The van der Waals surface area contributed by atoms with Crippen LogP contribution in [0.5, 0.6) is 0 Å². The van der Waals surface area contributed by atoms with Crippen molar-refractivity contribution in [2.45, 2.75) is 38.1 Å².